The number of imide groups is 1. The smallest absolute Gasteiger partial charge is 0.410 e. The number of phenols is 2. The van der Waals surface area contributed by atoms with Gasteiger partial charge in [0.2, 0.25) is 24.4 Å². The van der Waals surface area contributed by atoms with Crippen molar-refractivity contribution in [1.29, 1.82) is 0 Å². The van der Waals surface area contributed by atoms with Crippen LogP contribution < -0.4 is 15.4 Å². The van der Waals surface area contributed by atoms with Crippen molar-refractivity contribution in [1.82, 2.24) is 15.5 Å². The Labute approximate surface area is 428 Å². The minimum atomic E-state index is -2.37. The van der Waals surface area contributed by atoms with E-state index in [1.54, 1.807) is 27.7 Å². The number of methoxy groups -OCH3 is 1. The molecule has 402 valence electrons. The van der Waals surface area contributed by atoms with Crippen LogP contribution in [0.5, 0.6) is 17.2 Å². The first kappa shape index (κ1) is 55.4. The van der Waals surface area contributed by atoms with Crippen molar-refractivity contribution in [3.63, 3.8) is 0 Å². The number of ether oxygens (including phenoxy) is 5. The Balaban J connectivity index is 0.915. The number of rotatable bonds is 16. The van der Waals surface area contributed by atoms with Gasteiger partial charge in [-0.3, -0.25) is 33.7 Å². The number of likely N-dealkylation sites (tertiary alicyclic amines) is 1. The number of carboxylic acid groups (broad SMARTS) is 1. The van der Waals surface area contributed by atoms with Gasteiger partial charge in [-0.15, -0.1) is 11.8 Å². The molecule has 4 aliphatic carbocycles. The molecule has 1 unspecified atom stereocenters. The molecule has 1 heterocycles. The van der Waals surface area contributed by atoms with E-state index in [1.807, 2.05) is 0 Å². The number of thioether (sulfide) groups is 1. The fraction of sp³-hybridized carbons (Fsp3) is 0.580. The first-order valence-corrected chi connectivity index (χ1v) is 25.3. The number of carbonyl (C=O) groups is 9. The third-order valence-electron chi connectivity index (χ3n) is 14.2. The number of benzene rings is 2. The molecule has 4 amide bonds. The molecule has 2 aromatic carbocycles. The molecule has 7 rings (SSSR count). The molecule has 1 saturated heterocycles. The highest BCUT2D eigenvalue weighted by Gasteiger charge is 2.51. The van der Waals surface area contributed by atoms with Crippen molar-refractivity contribution in [3.8, 4) is 17.2 Å². The number of nitrogens with one attached hydrogen (secondary N) is 2. The van der Waals surface area contributed by atoms with E-state index >= 15 is 0 Å². The highest BCUT2D eigenvalue weighted by Crippen LogP contribution is 2.53. The Bertz CT molecular complexity index is 2610. The summed E-state index contributed by atoms with van der Waals surface area (Å²) in [4.78, 5) is 118. The highest BCUT2D eigenvalue weighted by molar-refractivity contribution is 8.00. The number of hydrogen-bond acceptors (Lipinski definition) is 20. The number of aromatic hydroxyl groups is 2. The van der Waals surface area contributed by atoms with E-state index in [1.165, 1.54) is 25.3 Å². The number of amides is 4. The number of alkyl carbamates (subject to hydrolysis) is 2. The SMILES string of the molecule is COc1cccc2c1C(=O)c1c(O)c3c(c(O)c1C2=O)C[C@@](O)(C(=O)CO)C[C@@H]3O[C@@H]1C[C@@H](C)[C@@H](O)[C@@H](NC(=O)OCOC(=O)C2CCC(CN3C(=O)CC(SC[C@H](NC(=O)OC(C)(C)C)C(=O)O)C3=O)CC2)C1. The van der Waals surface area contributed by atoms with Crippen molar-refractivity contribution < 1.29 is 97.5 Å². The summed E-state index contributed by atoms with van der Waals surface area (Å²) in [5.74, 6) is -8.50. The van der Waals surface area contributed by atoms with Crippen LogP contribution in [0.2, 0.25) is 0 Å². The molecule has 0 bridgehead atoms. The molecular weight excluding hydrogens is 995 g/mol. The number of nitrogens with zero attached hydrogens (tertiary/aromatic N) is 1. The van der Waals surface area contributed by atoms with E-state index in [9.17, 15) is 73.8 Å². The maximum atomic E-state index is 14.0. The van der Waals surface area contributed by atoms with Crippen LogP contribution in [0.4, 0.5) is 9.59 Å². The molecule has 0 aromatic heterocycles. The molecule has 1 aliphatic heterocycles. The molecule has 2 aromatic rings. The Morgan fingerprint density at radius 1 is 0.932 bits per heavy atom. The summed E-state index contributed by atoms with van der Waals surface area (Å²) in [7, 11) is 1.29. The molecule has 2 saturated carbocycles. The first-order chi connectivity index (χ1) is 34.9. The highest BCUT2D eigenvalue weighted by atomic mass is 32.2. The van der Waals surface area contributed by atoms with E-state index < -0.39 is 161 Å². The maximum Gasteiger partial charge on any atom is 0.410 e. The molecule has 23 nitrogen and oxygen atoms in total. The fourth-order valence-electron chi connectivity index (χ4n) is 10.5. The van der Waals surface area contributed by atoms with Crippen LogP contribution in [-0.2, 0) is 49.3 Å². The van der Waals surface area contributed by atoms with Crippen LogP contribution in [0.15, 0.2) is 18.2 Å². The Morgan fingerprint density at radius 3 is 2.27 bits per heavy atom. The van der Waals surface area contributed by atoms with Crippen molar-refractivity contribution in [2.24, 2.45) is 17.8 Å². The van der Waals surface area contributed by atoms with E-state index in [2.05, 4.69) is 10.6 Å². The van der Waals surface area contributed by atoms with Crippen LogP contribution in [-0.4, -0.2) is 162 Å². The van der Waals surface area contributed by atoms with Crippen molar-refractivity contribution in [2.75, 3.05) is 32.8 Å². The zero-order chi connectivity index (χ0) is 54.1. The molecule has 24 heteroatoms. The zero-order valence-corrected chi connectivity index (χ0v) is 42.2. The number of carbonyl (C=O) groups excluding carboxylic acids is 8. The number of ketones is 3. The number of esters is 1. The van der Waals surface area contributed by atoms with Gasteiger partial charge in [-0.25, -0.2) is 14.4 Å². The molecule has 8 atom stereocenters. The van der Waals surface area contributed by atoms with Gasteiger partial charge in [-0.05, 0) is 77.2 Å². The molecule has 74 heavy (non-hydrogen) atoms. The Kier molecular flexibility index (Phi) is 16.7. The lowest BCUT2D eigenvalue weighted by molar-refractivity contribution is -0.159. The summed E-state index contributed by atoms with van der Waals surface area (Å²) < 4.78 is 27.3. The molecular formula is C50H61N3O20S. The average molecular weight is 1060 g/mol. The third kappa shape index (κ3) is 11.6. The summed E-state index contributed by atoms with van der Waals surface area (Å²) in [5, 5.41) is 69.7. The second kappa shape index (κ2) is 22.2. The van der Waals surface area contributed by atoms with Gasteiger partial charge < -0.3 is 65.0 Å². The lowest BCUT2D eigenvalue weighted by Gasteiger charge is -2.43. The number of aliphatic carboxylic acids is 1. The maximum absolute atomic E-state index is 14.0. The summed E-state index contributed by atoms with van der Waals surface area (Å²) >= 11 is 0.951. The number of aliphatic hydroxyl groups excluding tert-OH is 2. The van der Waals surface area contributed by atoms with Gasteiger partial charge in [0.15, 0.2) is 11.6 Å². The van der Waals surface area contributed by atoms with Gasteiger partial charge in [0, 0.05) is 48.3 Å². The second-order valence-electron chi connectivity index (χ2n) is 20.4. The van der Waals surface area contributed by atoms with Gasteiger partial charge in [0.25, 0.3) is 0 Å². The largest absolute Gasteiger partial charge is 0.507 e. The second-order valence-corrected chi connectivity index (χ2v) is 21.7. The topological polar surface area (TPSA) is 348 Å². The standard InChI is InChI=1S/C50H61N3O20S/c1-22-13-25(72-31-17-50(68,33(55)19-54)16-27-36(31)43(61)38-37(41(27)59)40(58)26-7-6-8-30(69-5)35(26)42(38)60)14-28(39(22)57)51-47(66)71-21-70-46(65)24-11-9-23(10-12-24)18-53-34(56)15-32(44(53)62)74-20-29(45(63)64)52-48(67)73-49(2,3)4/h6-8,22-25,28-29,31-32,39,54,57,59,61,68H,9-21H2,1-5H3,(H,51,66)(H,52,67)(H,63,64)/t22-,23?,24?,25-,28+,29+,31+,32?,39-,50+/m1/s1. The predicted molar refractivity (Wildman–Crippen MR) is 255 cm³/mol. The van der Waals surface area contributed by atoms with E-state index in [4.69, 9.17) is 23.7 Å². The van der Waals surface area contributed by atoms with E-state index in [0.29, 0.717) is 25.7 Å². The Morgan fingerprint density at radius 2 is 1.62 bits per heavy atom. The number of phenolic OH excluding ortho intramolecular Hbond substituents is 2. The summed E-state index contributed by atoms with van der Waals surface area (Å²) in [5.41, 5.74) is -5.03. The lowest BCUT2D eigenvalue weighted by Crippen LogP contribution is -2.53. The summed E-state index contributed by atoms with van der Waals surface area (Å²) in [6.45, 7) is 4.75. The lowest BCUT2D eigenvalue weighted by atomic mass is 9.71. The summed E-state index contributed by atoms with van der Waals surface area (Å²) in [6.07, 6.45) is -5.18. The number of aliphatic hydroxyl groups is 3. The number of Topliss-reactive ketones (excluding diaryl/α,β-unsaturated/α-hetero) is 1. The van der Waals surface area contributed by atoms with E-state index in [0.717, 1.165) is 16.7 Å². The summed E-state index contributed by atoms with van der Waals surface area (Å²) in [6, 6.07) is 1.86. The predicted octanol–water partition coefficient (Wildman–Crippen LogP) is 2.58. The number of carboxylic acids is 1. The number of hydrogen-bond donors (Lipinski definition) is 8. The molecule has 0 spiro atoms. The molecule has 5 aliphatic rings. The normalized spacial score (nSPS) is 27.0. The van der Waals surface area contributed by atoms with E-state index in [-0.39, 0.29) is 65.5 Å². The van der Waals surface area contributed by atoms with Crippen molar-refractivity contribution >= 4 is 65.1 Å². The van der Waals surface area contributed by atoms with Crippen LogP contribution >= 0.6 is 11.8 Å². The molecule has 3 fully saturated rings. The quantitative estimate of drug-likeness (QED) is 0.0442. The zero-order valence-electron chi connectivity index (χ0n) is 41.4. The van der Waals surface area contributed by atoms with Gasteiger partial charge >= 0.3 is 24.1 Å². The molecule has 8 N–H and O–H groups in total. The average Bonchev–Trinajstić information content (AvgIpc) is 3.60. The minimum Gasteiger partial charge on any atom is -0.507 e. The minimum absolute atomic E-state index is 0.0368. The Hall–Kier alpha value is -6.34. The van der Waals surface area contributed by atoms with Crippen LogP contribution in [0, 0.1) is 17.8 Å². The van der Waals surface area contributed by atoms with Crippen LogP contribution in [0.3, 0.4) is 0 Å². The van der Waals surface area contributed by atoms with Gasteiger partial charge in [-0.2, -0.15) is 0 Å². The first-order valence-electron chi connectivity index (χ1n) is 24.2. The van der Waals surface area contributed by atoms with Gasteiger partial charge in [-0.1, -0.05) is 19.1 Å². The van der Waals surface area contributed by atoms with Crippen molar-refractivity contribution in [3.05, 3.63) is 51.6 Å². The van der Waals surface area contributed by atoms with Crippen LogP contribution in [0.25, 0.3) is 0 Å². The van der Waals surface area contributed by atoms with Gasteiger partial charge in [0.05, 0.1) is 59.3 Å². The monoisotopic (exact) mass is 1060 g/mol. The third-order valence-corrected chi connectivity index (χ3v) is 15.5. The number of fused-ring (bicyclic) bond motifs is 3. The fourth-order valence-corrected chi connectivity index (χ4v) is 11.6. The van der Waals surface area contributed by atoms with Crippen molar-refractivity contribution in [2.45, 2.75) is 132 Å². The van der Waals surface area contributed by atoms with Crippen LogP contribution in [0.1, 0.15) is 128 Å². The van der Waals surface area contributed by atoms with Gasteiger partial charge in [0.1, 0.15) is 41.1 Å². The molecule has 0 radical (unpaired) electrons.